The van der Waals surface area contributed by atoms with Crippen LogP contribution in [0, 0.1) is 0 Å². The lowest BCUT2D eigenvalue weighted by Crippen LogP contribution is -2.07. The van der Waals surface area contributed by atoms with Crippen LogP contribution < -0.4 is 0 Å². The summed E-state index contributed by atoms with van der Waals surface area (Å²) in [4.78, 5) is 1.45. The van der Waals surface area contributed by atoms with Gasteiger partial charge in [-0.25, -0.2) is 0 Å². The third kappa shape index (κ3) is 1.36. The van der Waals surface area contributed by atoms with Gasteiger partial charge >= 0.3 is 0 Å². The van der Waals surface area contributed by atoms with Crippen molar-refractivity contribution in [3.8, 4) is 0 Å². The first-order valence-electron chi connectivity index (χ1n) is 4.66. The lowest BCUT2D eigenvalue weighted by atomic mass is 9.93. The molecule has 0 fully saturated rings. The molecule has 0 saturated heterocycles. The van der Waals surface area contributed by atoms with Gasteiger partial charge in [-0.3, -0.25) is 0 Å². The summed E-state index contributed by atoms with van der Waals surface area (Å²) in [6.07, 6.45) is 6.94. The van der Waals surface area contributed by atoms with Gasteiger partial charge < -0.3 is 0 Å². The van der Waals surface area contributed by atoms with Gasteiger partial charge in [0.05, 0.1) is 0 Å². The van der Waals surface area contributed by atoms with Crippen LogP contribution in [0.3, 0.4) is 0 Å². The maximum Gasteiger partial charge on any atom is 0.0391 e. The Bertz CT molecular complexity index is 434. The normalized spacial score (nSPS) is 28.2. The molecule has 1 heterocycles. The predicted molar refractivity (Wildman–Crippen MR) is 70.1 cm³/mol. The summed E-state index contributed by atoms with van der Waals surface area (Å²) in [5.41, 5.74) is 1.50. The first-order chi connectivity index (χ1) is 6.84. The zero-order valence-electron chi connectivity index (χ0n) is 7.48. The number of hydrogen-bond donors (Lipinski definition) is 0. The third-order valence-electron chi connectivity index (χ3n) is 2.68. The summed E-state index contributed by atoms with van der Waals surface area (Å²) >= 11 is 4.38. The molecule has 2 unspecified atom stereocenters. The molecule has 0 amide bonds. The van der Waals surface area contributed by atoms with E-state index < -0.39 is 0 Å². The van der Waals surface area contributed by atoms with Gasteiger partial charge in [-0.15, -0.1) is 11.8 Å². The van der Waals surface area contributed by atoms with Crippen LogP contribution in [0.25, 0.3) is 0 Å². The number of benzene rings is 1. The van der Waals surface area contributed by atoms with Crippen LogP contribution >= 0.6 is 34.4 Å². The maximum absolute atomic E-state index is 2.39. The molecule has 1 aromatic rings. The molecule has 0 bridgehead atoms. The summed E-state index contributed by atoms with van der Waals surface area (Å²) in [5, 5.41) is 0.629. The Morgan fingerprint density at radius 3 is 3.00 bits per heavy atom. The van der Waals surface area contributed by atoms with E-state index in [2.05, 4.69) is 65.1 Å². The van der Waals surface area contributed by atoms with Crippen LogP contribution in [0.4, 0.5) is 0 Å². The van der Waals surface area contributed by atoms with Crippen molar-refractivity contribution >= 4 is 34.4 Å². The molecule has 0 nitrogen and oxygen atoms in total. The zero-order valence-corrected chi connectivity index (χ0v) is 10.5. The van der Waals surface area contributed by atoms with Crippen molar-refractivity contribution in [1.29, 1.82) is 0 Å². The number of hydrogen-bond acceptors (Lipinski definition) is 1. The first kappa shape index (κ1) is 9.04. The molecule has 1 aromatic carbocycles. The van der Waals surface area contributed by atoms with E-state index in [4.69, 9.17) is 0 Å². The van der Waals surface area contributed by atoms with E-state index in [0.29, 0.717) is 11.2 Å². The Hall–Kier alpha value is -0.220. The second kappa shape index (κ2) is 3.42. The van der Waals surface area contributed by atoms with E-state index in [1.807, 2.05) is 11.8 Å². The second-order valence-corrected chi connectivity index (χ2v) is 6.02. The first-order valence-corrected chi connectivity index (χ1v) is 6.61. The van der Waals surface area contributed by atoms with E-state index in [1.165, 1.54) is 14.0 Å². The summed E-state index contributed by atoms with van der Waals surface area (Å²) in [5.74, 6) is 0.606. The number of rotatable bonds is 0. The van der Waals surface area contributed by atoms with Gasteiger partial charge in [0.2, 0.25) is 0 Å². The van der Waals surface area contributed by atoms with Crippen LogP contribution in [-0.4, -0.2) is 5.25 Å². The van der Waals surface area contributed by atoms with Gasteiger partial charge in [0.25, 0.3) is 0 Å². The summed E-state index contributed by atoms with van der Waals surface area (Å²) in [6.45, 7) is 0. The van der Waals surface area contributed by atoms with E-state index in [1.54, 1.807) is 0 Å². The quantitative estimate of drug-likeness (QED) is 0.649. The van der Waals surface area contributed by atoms with E-state index in [0.717, 1.165) is 0 Å². The second-order valence-electron chi connectivity index (χ2n) is 3.56. The maximum atomic E-state index is 2.39. The molecule has 1 aliphatic heterocycles. The highest BCUT2D eigenvalue weighted by molar-refractivity contribution is 14.1. The van der Waals surface area contributed by atoms with Crippen molar-refractivity contribution in [3.63, 3.8) is 0 Å². The molecule has 3 rings (SSSR count). The van der Waals surface area contributed by atoms with Crippen molar-refractivity contribution in [2.24, 2.45) is 0 Å². The van der Waals surface area contributed by atoms with Crippen LogP contribution in [-0.2, 0) is 0 Å². The Morgan fingerprint density at radius 2 is 2.07 bits per heavy atom. The smallest absolute Gasteiger partial charge is 0.0391 e. The number of thioether (sulfide) groups is 1. The lowest BCUT2D eigenvalue weighted by Gasteiger charge is -2.16. The molecular weight excluding hydrogens is 303 g/mol. The molecule has 0 N–H and O–H groups in total. The standard InChI is InChI=1S/C12H9IS/c13-8-5-6-10-9-3-1-2-4-11(9)14-12(10)7-8/h1-7,10,12H. The highest BCUT2D eigenvalue weighted by Crippen LogP contribution is 2.48. The average Bonchev–Trinajstić information content (AvgIpc) is 2.54. The van der Waals surface area contributed by atoms with Crippen LogP contribution in [0.1, 0.15) is 11.5 Å². The van der Waals surface area contributed by atoms with Crippen LogP contribution in [0.15, 0.2) is 51.0 Å². The van der Waals surface area contributed by atoms with Crippen molar-refractivity contribution in [1.82, 2.24) is 0 Å². The Balaban J connectivity index is 2.08. The highest BCUT2D eigenvalue weighted by Gasteiger charge is 2.31. The summed E-state index contributed by atoms with van der Waals surface area (Å²) < 4.78 is 1.36. The van der Waals surface area contributed by atoms with Crippen molar-refractivity contribution in [2.45, 2.75) is 16.1 Å². The average molecular weight is 312 g/mol. The summed E-state index contributed by atoms with van der Waals surface area (Å²) in [6, 6.07) is 8.75. The van der Waals surface area contributed by atoms with Gasteiger partial charge in [0, 0.05) is 19.6 Å². The Morgan fingerprint density at radius 1 is 1.21 bits per heavy atom. The van der Waals surface area contributed by atoms with Gasteiger partial charge in [0.1, 0.15) is 0 Å². The Labute approximate surface area is 102 Å². The molecule has 0 saturated carbocycles. The molecule has 2 heteroatoms. The van der Waals surface area contributed by atoms with Crippen LogP contribution in [0.5, 0.6) is 0 Å². The zero-order chi connectivity index (χ0) is 9.54. The molecule has 0 aromatic heterocycles. The minimum Gasteiger partial charge on any atom is -0.117 e. The van der Waals surface area contributed by atoms with Crippen LogP contribution in [0.2, 0.25) is 0 Å². The molecule has 2 aliphatic rings. The topological polar surface area (TPSA) is 0 Å². The number of halogens is 1. The van der Waals surface area contributed by atoms with Gasteiger partial charge in [-0.05, 0) is 34.2 Å². The molecule has 0 radical (unpaired) electrons. The van der Waals surface area contributed by atoms with Crippen molar-refractivity contribution in [3.05, 3.63) is 51.6 Å². The fraction of sp³-hybridized carbons (Fsp3) is 0.167. The van der Waals surface area contributed by atoms with Gasteiger partial charge in [-0.2, -0.15) is 0 Å². The fourth-order valence-corrected chi connectivity index (χ4v) is 4.25. The molecular formula is C12H9IS. The predicted octanol–water partition coefficient (Wildman–Crippen LogP) is 4.13. The number of allylic oxidation sites excluding steroid dienone is 3. The third-order valence-corrected chi connectivity index (χ3v) is 4.73. The van der Waals surface area contributed by atoms with Gasteiger partial charge in [-0.1, -0.05) is 36.4 Å². The van der Waals surface area contributed by atoms with E-state index in [9.17, 15) is 0 Å². The minimum absolute atomic E-state index is 0.606. The molecule has 2 atom stereocenters. The molecule has 1 aliphatic carbocycles. The van der Waals surface area contributed by atoms with E-state index in [-0.39, 0.29) is 0 Å². The van der Waals surface area contributed by atoms with Crippen molar-refractivity contribution < 1.29 is 0 Å². The minimum atomic E-state index is 0.606. The highest BCUT2D eigenvalue weighted by atomic mass is 127. The molecule has 70 valence electrons. The lowest BCUT2D eigenvalue weighted by molar-refractivity contribution is 0.880. The monoisotopic (exact) mass is 312 g/mol. The SMILES string of the molecule is IC1=CC2Sc3ccccc3C2C=C1. The van der Waals surface area contributed by atoms with Gasteiger partial charge in [0.15, 0.2) is 0 Å². The Kier molecular flexibility index (Phi) is 2.21. The molecule has 0 spiro atoms. The number of fused-ring (bicyclic) bond motifs is 3. The largest absolute Gasteiger partial charge is 0.117 e. The van der Waals surface area contributed by atoms with Crippen molar-refractivity contribution in [2.75, 3.05) is 0 Å². The molecule has 14 heavy (non-hydrogen) atoms. The fourth-order valence-electron chi connectivity index (χ4n) is 2.02. The summed E-state index contributed by atoms with van der Waals surface area (Å²) in [7, 11) is 0. The van der Waals surface area contributed by atoms with E-state index >= 15 is 0 Å².